The zero-order valence-electron chi connectivity index (χ0n) is 14.9. The van der Waals surface area contributed by atoms with Crippen LogP contribution < -0.4 is 24.5 Å². The second-order valence-electron chi connectivity index (χ2n) is 5.64. The highest BCUT2D eigenvalue weighted by atomic mass is 79.9. The molecule has 3 heterocycles. The normalized spacial score (nSPS) is 15.4. The summed E-state index contributed by atoms with van der Waals surface area (Å²) in [4.78, 5) is 14.9. The molecule has 1 aromatic heterocycles. The summed E-state index contributed by atoms with van der Waals surface area (Å²) in [6.45, 7) is 2.90. The molecule has 0 unspecified atom stereocenters. The fourth-order valence-electron chi connectivity index (χ4n) is 2.58. The predicted octanol–water partition coefficient (Wildman–Crippen LogP) is 2.08. The smallest absolute Gasteiger partial charge is 0.322 e. The molecule has 4 rings (SSSR count). The third kappa shape index (κ3) is 4.54. The number of hydrogen-bond donors (Lipinski definition) is 1. The van der Waals surface area contributed by atoms with Gasteiger partial charge in [0.15, 0.2) is 11.5 Å². The quantitative estimate of drug-likeness (QED) is 0.516. The highest BCUT2D eigenvalue weighted by Gasteiger charge is 2.17. The maximum absolute atomic E-state index is 5.38. The molecule has 1 fully saturated rings. The molecular formula is C16H18BrClN6O4. The van der Waals surface area contributed by atoms with E-state index in [0.717, 1.165) is 10.0 Å². The standard InChI is InChI=1S/C16H17BrN6O4.ClH/c1-24-16-20-14(19-15(21-16)23-2-4-25-5-3-23)22-18-8-10-6-12-13(7-11(10)17)27-9-26-12;/h6-8H,2-5,9H2,1H3,(H,19,20,21,22);1H/b18-8+;. The Morgan fingerprint density at radius 2 is 1.93 bits per heavy atom. The molecule has 0 radical (unpaired) electrons. The van der Waals surface area contributed by atoms with Crippen molar-refractivity contribution in [3.05, 3.63) is 22.2 Å². The van der Waals surface area contributed by atoms with Gasteiger partial charge in [-0.25, -0.2) is 5.43 Å². The van der Waals surface area contributed by atoms with E-state index >= 15 is 0 Å². The Bertz CT molecular complexity index is 865. The molecule has 28 heavy (non-hydrogen) atoms. The Balaban J connectivity index is 0.00000225. The van der Waals surface area contributed by atoms with Crippen LogP contribution in [0.5, 0.6) is 17.5 Å². The predicted molar refractivity (Wildman–Crippen MR) is 108 cm³/mol. The number of methoxy groups -OCH3 is 1. The third-order valence-electron chi connectivity index (χ3n) is 3.94. The summed E-state index contributed by atoms with van der Waals surface area (Å²) < 4.78 is 22.1. The summed E-state index contributed by atoms with van der Waals surface area (Å²) in [6.07, 6.45) is 1.64. The molecule has 0 aliphatic carbocycles. The molecule has 10 nitrogen and oxygen atoms in total. The number of morpholine rings is 1. The Labute approximate surface area is 175 Å². The maximum atomic E-state index is 5.38. The molecule has 1 aromatic carbocycles. The molecule has 150 valence electrons. The van der Waals surface area contributed by atoms with Crippen molar-refractivity contribution in [2.24, 2.45) is 5.10 Å². The van der Waals surface area contributed by atoms with E-state index in [1.165, 1.54) is 7.11 Å². The van der Waals surface area contributed by atoms with E-state index in [-0.39, 0.29) is 31.2 Å². The molecule has 0 saturated carbocycles. The molecule has 1 N–H and O–H groups in total. The molecule has 2 aromatic rings. The SMILES string of the molecule is COc1nc(N/N=C/c2cc3c(cc2Br)OCO3)nc(N2CCOCC2)n1.Cl. The molecule has 12 heteroatoms. The lowest BCUT2D eigenvalue weighted by Crippen LogP contribution is -2.37. The lowest BCUT2D eigenvalue weighted by Gasteiger charge is -2.26. The molecule has 0 amide bonds. The van der Waals surface area contributed by atoms with E-state index in [0.29, 0.717) is 43.8 Å². The van der Waals surface area contributed by atoms with Gasteiger partial charge >= 0.3 is 6.01 Å². The number of aromatic nitrogens is 3. The van der Waals surface area contributed by atoms with Gasteiger partial charge in [0, 0.05) is 23.1 Å². The van der Waals surface area contributed by atoms with Crippen molar-refractivity contribution >= 4 is 46.4 Å². The van der Waals surface area contributed by atoms with Crippen molar-refractivity contribution < 1.29 is 18.9 Å². The molecule has 0 spiro atoms. The number of ether oxygens (including phenoxy) is 4. The molecular weight excluding hydrogens is 456 g/mol. The number of hydrazone groups is 1. The van der Waals surface area contributed by atoms with Crippen molar-refractivity contribution in [1.29, 1.82) is 0 Å². The van der Waals surface area contributed by atoms with Gasteiger partial charge in [0.1, 0.15) is 0 Å². The van der Waals surface area contributed by atoms with Crippen LogP contribution in [0, 0.1) is 0 Å². The summed E-state index contributed by atoms with van der Waals surface area (Å²) in [5.41, 5.74) is 3.64. The van der Waals surface area contributed by atoms with Gasteiger partial charge in [-0.05, 0) is 28.1 Å². The molecule has 0 atom stereocenters. The number of nitrogens with one attached hydrogen (secondary N) is 1. The van der Waals surface area contributed by atoms with Gasteiger partial charge in [-0.1, -0.05) is 0 Å². The lowest BCUT2D eigenvalue weighted by molar-refractivity contribution is 0.122. The van der Waals surface area contributed by atoms with E-state index in [9.17, 15) is 0 Å². The zero-order chi connectivity index (χ0) is 18.6. The van der Waals surface area contributed by atoms with Crippen LogP contribution in [0.1, 0.15) is 5.56 Å². The van der Waals surface area contributed by atoms with Crippen LogP contribution in [0.2, 0.25) is 0 Å². The van der Waals surface area contributed by atoms with Crippen molar-refractivity contribution in [2.75, 3.05) is 50.5 Å². The summed E-state index contributed by atoms with van der Waals surface area (Å²) in [7, 11) is 1.51. The van der Waals surface area contributed by atoms with Crippen molar-refractivity contribution in [1.82, 2.24) is 15.0 Å². The van der Waals surface area contributed by atoms with Crippen LogP contribution in [0.4, 0.5) is 11.9 Å². The second-order valence-corrected chi connectivity index (χ2v) is 6.50. The van der Waals surface area contributed by atoms with Crippen LogP contribution in [-0.4, -0.2) is 61.4 Å². The van der Waals surface area contributed by atoms with Gasteiger partial charge in [-0.3, -0.25) is 0 Å². The fourth-order valence-corrected chi connectivity index (χ4v) is 3.01. The van der Waals surface area contributed by atoms with Gasteiger partial charge in [-0.2, -0.15) is 20.1 Å². The summed E-state index contributed by atoms with van der Waals surface area (Å²) in [6, 6.07) is 3.89. The van der Waals surface area contributed by atoms with Crippen molar-refractivity contribution in [3.63, 3.8) is 0 Å². The number of nitrogens with zero attached hydrogens (tertiary/aromatic N) is 5. The van der Waals surface area contributed by atoms with Gasteiger partial charge < -0.3 is 23.8 Å². The highest BCUT2D eigenvalue weighted by Crippen LogP contribution is 2.36. The van der Waals surface area contributed by atoms with Crippen LogP contribution in [0.25, 0.3) is 0 Å². The Morgan fingerprint density at radius 1 is 1.18 bits per heavy atom. The van der Waals surface area contributed by atoms with Crippen LogP contribution >= 0.6 is 28.3 Å². The van der Waals surface area contributed by atoms with Crippen LogP contribution in [0.3, 0.4) is 0 Å². The molecule has 2 aliphatic heterocycles. The Hall–Kier alpha value is -2.37. The number of halogens is 2. The minimum Gasteiger partial charge on any atom is -0.467 e. The van der Waals surface area contributed by atoms with Gasteiger partial charge in [0.25, 0.3) is 5.95 Å². The van der Waals surface area contributed by atoms with Gasteiger partial charge in [0.2, 0.25) is 12.7 Å². The van der Waals surface area contributed by atoms with E-state index in [1.807, 2.05) is 17.0 Å². The largest absolute Gasteiger partial charge is 0.467 e. The average Bonchev–Trinajstić information content (AvgIpc) is 3.15. The Kier molecular flexibility index (Phi) is 6.70. The monoisotopic (exact) mass is 472 g/mol. The van der Waals surface area contributed by atoms with Crippen LogP contribution in [-0.2, 0) is 4.74 Å². The third-order valence-corrected chi connectivity index (χ3v) is 4.63. The molecule has 2 aliphatic rings. The molecule has 0 bridgehead atoms. The van der Waals surface area contributed by atoms with E-state index in [1.54, 1.807) is 6.21 Å². The average molecular weight is 474 g/mol. The Morgan fingerprint density at radius 3 is 2.68 bits per heavy atom. The topological polar surface area (TPSA) is 103 Å². The first-order chi connectivity index (χ1) is 13.2. The number of hydrogen-bond acceptors (Lipinski definition) is 10. The van der Waals surface area contributed by atoms with Gasteiger partial charge in [0.05, 0.1) is 26.5 Å². The number of rotatable bonds is 5. The summed E-state index contributed by atoms with van der Waals surface area (Å²) >= 11 is 3.49. The number of benzene rings is 1. The number of fused-ring (bicyclic) bond motifs is 1. The highest BCUT2D eigenvalue weighted by molar-refractivity contribution is 9.10. The number of anilines is 2. The first-order valence-corrected chi connectivity index (χ1v) is 9.03. The molecule has 1 saturated heterocycles. The van der Waals surface area contributed by atoms with E-state index in [4.69, 9.17) is 18.9 Å². The second kappa shape index (κ2) is 9.22. The fraction of sp³-hybridized carbons (Fsp3) is 0.375. The lowest BCUT2D eigenvalue weighted by atomic mass is 10.2. The summed E-state index contributed by atoms with van der Waals surface area (Å²) in [5.74, 6) is 2.18. The summed E-state index contributed by atoms with van der Waals surface area (Å²) in [5, 5.41) is 4.21. The first kappa shape index (κ1) is 20.4. The van der Waals surface area contributed by atoms with E-state index < -0.39 is 0 Å². The first-order valence-electron chi connectivity index (χ1n) is 8.24. The minimum absolute atomic E-state index is 0. The maximum Gasteiger partial charge on any atom is 0.322 e. The van der Waals surface area contributed by atoms with Crippen LogP contribution in [0.15, 0.2) is 21.7 Å². The van der Waals surface area contributed by atoms with Gasteiger partial charge in [-0.15, -0.1) is 12.4 Å². The zero-order valence-corrected chi connectivity index (χ0v) is 17.3. The van der Waals surface area contributed by atoms with Crippen molar-refractivity contribution in [2.45, 2.75) is 0 Å². The minimum atomic E-state index is 0. The van der Waals surface area contributed by atoms with Crippen molar-refractivity contribution in [3.8, 4) is 17.5 Å². The van der Waals surface area contributed by atoms with E-state index in [2.05, 4.69) is 41.4 Å².